The molecule has 0 aliphatic carbocycles. The number of Topliss-reactive ketones (excluding diaryl/α,β-unsaturated/α-hetero) is 1. The van der Waals surface area contributed by atoms with E-state index in [1.165, 1.54) is 11.2 Å². The Morgan fingerprint density at radius 2 is 2.03 bits per heavy atom. The van der Waals surface area contributed by atoms with Crippen molar-refractivity contribution in [3.05, 3.63) is 72.2 Å². The van der Waals surface area contributed by atoms with E-state index in [0.29, 0.717) is 55.5 Å². The number of aliphatic hydroxyl groups excluding tert-OH is 1. The fourth-order valence-corrected chi connectivity index (χ4v) is 4.08. The number of nitrogens with one attached hydrogen (secondary N) is 1. The number of ketones is 1. The average Bonchev–Trinajstić information content (AvgIpc) is 3.57. The number of H-pyrrole nitrogens is 1. The maximum Gasteiger partial charge on any atom is 0.295 e. The van der Waals surface area contributed by atoms with Crippen LogP contribution >= 0.6 is 0 Å². The van der Waals surface area contributed by atoms with Gasteiger partial charge in [-0.05, 0) is 30.3 Å². The summed E-state index contributed by atoms with van der Waals surface area (Å²) in [7, 11) is 0. The molecule has 9 nitrogen and oxygen atoms in total. The molecule has 3 aromatic rings. The van der Waals surface area contributed by atoms with Crippen molar-refractivity contribution in [2.24, 2.45) is 0 Å². The smallest absolute Gasteiger partial charge is 0.295 e. The first-order chi connectivity index (χ1) is 15.6. The molecule has 4 heterocycles. The zero-order chi connectivity index (χ0) is 22.1. The minimum atomic E-state index is -0.811. The van der Waals surface area contributed by atoms with Crippen molar-refractivity contribution in [1.82, 2.24) is 9.88 Å². The maximum absolute atomic E-state index is 13.0. The Bertz CT molecular complexity index is 1170. The van der Waals surface area contributed by atoms with Crippen molar-refractivity contribution in [1.29, 1.82) is 0 Å². The van der Waals surface area contributed by atoms with Crippen LogP contribution in [-0.4, -0.2) is 46.4 Å². The second kappa shape index (κ2) is 8.26. The number of aryl methyl sites for hydroxylation is 1. The summed E-state index contributed by atoms with van der Waals surface area (Å²) in [6.07, 6.45) is 7.62. The summed E-state index contributed by atoms with van der Waals surface area (Å²) in [6.45, 7) is 1.84. The van der Waals surface area contributed by atoms with Gasteiger partial charge < -0.3 is 23.9 Å². The second-order valence-corrected chi connectivity index (χ2v) is 7.57. The van der Waals surface area contributed by atoms with E-state index in [2.05, 4.69) is 4.98 Å². The Labute approximate surface area is 183 Å². The van der Waals surface area contributed by atoms with Gasteiger partial charge >= 0.3 is 0 Å². The molecule has 32 heavy (non-hydrogen) atoms. The van der Waals surface area contributed by atoms with Crippen molar-refractivity contribution in [3.63, 3.8) is 0 Å². The average molecular weight is 436 g/mol. The molecule has 9 heteroatoms. The van der Waals surface area contributed by atoms with Crippen LogP contribution in [0.1, 0.15) is 23.8 Å². The van der Waals surface area contributed by atoms with Gasteiger partial charge in [0.1, 0.15) is 43.2 Å². The van der Waals surface area contributed by atoms with Gasteiger partial charge in [-0.1, -0.05) is 0 Å². The number of aromatic nitrogens is 2. The number of amides is 1. The lowest BCUT2D eigenvalue weighted by Crippen LogP contribution is -2.35. The molecule has 1 saturated heterocycles. The number of nitrogens with zero attached hydrogens (tertiary/aromatic N) is 2. The molecule has 0 saturated carbocycles. The molecule has 0 radical (unpaired) electrons. The molecular formula is C23H22N3O6+. The largest absolute Gasteiger partial charge is 0.507 e. The predicted octanol–water partition coefficient (Wildman–Crippen LogP) is 2.18. The number of hydrogen-bond donors (Lipinski definition) is 2. The first-order valence-corrected chi connectivity index (χ1v) is 10.4. The van der Waals surface area contributed by atoms with Gasteiger partial charge in [-0.25, -0.2) is 4.57 Å². The molecule has 1 aromatic carbocycles. The number of likely N-dealkylation sites (tertiary alicyclic amines) is 1. The number of fused-ring (bicyclic) bond motifs is 1. The molecule has 5 rings (SSSR count). The Kier molecular flexibility index (Phi) is 5.14. The Morgan fingerprint density at radius 3 is 2.78 bits per heavy atom. The summed E-state index contributed by atoms with van der Waals surface area (Å²) < 4.78 is 18.6. The van der Waals surface area contributed by atoms with E-state index < -0.39 is 17.7 Å². The standard InChI is InChI=1S/C23H21N3O6/c27-21(15-4-5-16-18(13-15)32-12-11-31-16)19-20(17-3-1-10-30-17)26(23(29)22(19)28)8-2-7-25-9-6-24-14-25/h1,3-6,9-10,13-14,20H,2,7-8,11-12H2,(H,27,28)/p+1. The molecule has 2 aliphatic rings. The molecule has 1 amide bonds. The molecule has 0 bridgehead atoms. The van der Waals surface area contributed by atoms with E-state index in [1.807, 2.05) is 23.3 Å². The quantitative estimate of drug-likeness (QED) is 0.265. The topological polar surface area (TPSA) is 109 Å². The van der Waals surface area contributed by atoms with E-state index in [-0.39, 0.29) is 11.3 Å². The van der Waals surface area contributed by atoms with Gasteiger partial charge in [-0.3, -0.25) is 14.6 Å². The number of aliphatic hydroxyl groups is 1. The van der Waals surface area contributed by atoms with Crippen LogP contribution < -0.4 is 14.0 Å². The van der Waals surface area contributed by atoms with Crippen LogP contribution in [0.25, 0.3) is 5.76 Å². The van der Waals surface area contributed by atoms with E-state index in [4.69, 9.17) is 13.9 Å². The SMILES string of the molecule is O=C1C(=O)N(CCC[n+]2cc[nH]c2)C(c2ccco2)C1=C(O)c1ccc2c(c1)OCCO2. The molecular weight excluding hydrogens is 414 g/mol. The van der Waals surface area contributed by atoms with Crippen LogP contribution in [0.4, 0.5) is 0 Å². The highest BCUT2D eigenvalue weighted by atomic mass is 16.6. The van der Waals surface area contributed by atoms with Gasteiger partial charge in [0.25, 0.3) is 11.7 Å². The fourth-order valence-electron chi connectivity index (χ4n) is 4.08. The number of rotatable bonds is 6. The van der Waals surface area contributed by atoms with E-state index >= 15 is 0 Å². The molecule has 164 valence electrons. The van der Waals surface area contributed by atoms with Gasteiger partial charge in [-0.15, -0.1) is 0 Å². The number of ether oxygens (including phenoxy) is 2. The molecule has 2 aromatic heterocycles. The summed E-state index contributed by atoms with van der Waals surface area (Å²) in [5.41, 5.74) is 0.364. The highest BCUT2D eigenvalue weighted by Gasteiger charge is 2.47. The lowest BCUT2D eigenvalue weighted by atomic mass is 9.99. The number of aromatic amines is 1. The molecule has 1 unspecified atom stereocenters. The number of hydrogen-bond acceptors (Lipinski definition) is 6. The highest BCUT2D eigenvalue weighted by Crippen LogP contribution is 2.41. The van der Waals surface area contributed by atoms with Crippen LogP contribution in [-0.2, 0) is 16.1 Å². The third-order valence-corrected chi connectivity index (χ3v) is 5.59. The lowest BCUT2D eigenvalue weighted by molar-refractivity contribution is -0.695. The molecule has 1 atom stereocenters. The van der Waals surface area contributed by atoms with Crippen LogP contribution in [0, 0.1) is 0 Å². The minimum absolute atomic E-state index is 0.00377. The molecule has 2 aliphatic heterocycles. The first kappa shape index (κ1) is 19.9. The van der Waals surface area contributed by atoms with Gasteiger partial charge in [0.15, 0.2) is 11.5 Å². The summed E-state index contributed by atoms with van der Waals surface area (Å²) >= 11 is 0. The van der Waals surface area contributed by atoms with Crippen LogP contribution in [0.5, 0.6) is 11.5 Å². The van der Waals surface area contributed by atoms with E-state index in [9.17, 15) is 14.7 Å². The summed E-state index contributed by atoms with van der Waals surface area (Å²) in [5.74, 6) is -0.217. The van der Waals surface area contributed by atoms with Gasteiger partial charge in [0.05, 0.1) is 18.4 Å². The number of furan rings is 1. The Morgan fingerprint density at radius 1 is 1.19 bits per heavy atom. The van der Waals surface area contributed by atoms with Gasteiger partial charge in [0.2, 0.25) is 6.33 Å². The zero-order valence-corrected chi connectivity index (χ0v) is 17.2. The second-order valence-electron chi connectivity index (χ2n) is 7.57. The zero-order valence-electron chi connectivity index (χ0n) is 17.2. The van der Waals surface area contributed by atoms with Crippen LogP contribution in [0.3, 0.4) is 0 Å². The normalized spacial score (nSPS) is 19.5. The third-order valence-electron chi connectivity index (χ3n) is 5.59. The third kappa shape index (κ3) is 3.51. The lowest BCUT2D eigenvalue weighted by Gasteiger charge is -2.23. The van der Waals surface area contributed by atoms with Crippen LogP contribution in [0.2, 0.25) is 0 Å². The monoisotopic (exact) mass is 436 g/mol. The number of imidazole rings is 1. The maximum atomic E-state index is 13.0. The van der Waals surface area contributed by atoms with E-state index in [0.717, 1.165) is 0 Å². The molecule has 2 N–H and O–H groups in total. The molecule has 0 spiro atoms. The number of carbonyl (C=O) groups is 2. The van der Waals surface area contributed by atoms with Crippen molar-refractivity contribution >= 4 is 17.4 Å². The molecule has 1 fully saturated rings. The number of benzene rings is 1. The van der Waals surface area contributed by atoms with Crippen molar-refractivity contribution in [2.75, 3.05) is 19.8 Å². The first-order valence-electron chi connectivity index (χ1n) is 10.4. The van der Waals surface area contributed by atoms with Crippen molar-refractivity contribution in [3.8, 4) is 11.5 Å². The predicted molar refractivity (Wildman–Crippen MR) is 111 cm³/mol. The summed E-state index contributed by atoms with van der Waals surface area (Å²) in [5, 5.41) is 11.1. The van der Waals surface area contributed by atoms with Crippen molar-refractivity contribution in [2.45, 2.75) is 19.0 Å². The fraction of sp³-hybridized carbons (Fsp3) is 0.261. The summed E-state index contributed by atoms with van der Waals surface area (Å²) in [6, 6.07) is 7.50. The van der Waals surface area contributed by atoms with Gasteiger partial charge in [0, 0.05) is 18.5 Å². The summed E-state index contributed by atoms with van der Waals surface area (Å²) in [4.78, 5) is 30.3. The number of carbonyl (C=O) groups excluding carboxylic acids is 2. The van der Waals surface area contributed by atoms with E-state index in [1.54, 1.807) is 30.3 Å². The highest BCUT2D eigenvalue weighted by molar-refractivity contribution is 6.46. The Hall–Kier alpha value is -4.01. The van der Waals surface area contributed by atoms with Crippen molar-refractivity contribution < 1.29 is 33.2 Å². The minimum Gasteiger partial charge on any atom is -0.507 e. The Balaban J connectivity index is 1.49. The van der Waals surface area contributed by atoms with Crippen LogP contribution in [0.15, 0.2) is 65.3 Å². The van der Waals surface area contributed by atoms with Gasteiger partial charge in [-0.2, -0.15) is 0 Å².